The van der Waals surface area contributed by atoms with Crippen LogP contribution in [0.2, 0.25) is 0 Å². The molecule has 0 bridgehead atoms. The Morgan fingerprint density at radius 2 is 1.76 bits per heavy atom. The van der Waals surface area contributed by atoms with Gasteiger partial charge in [-0.25, -0.2) is 0 Å². The van der Waals surface area contributed by atoms with Crippen molar-refractivity contribution in [2.45, 2.75) is 40.7 Å². The molecule has 0 aliphatic rings. The summed E-state index contributed by atoms with van der Waals surface area (Å²) < 4.78 is 5.52. The molecule has 1 aromatic carbocycles. The highest BCUT2D eigenvalue weighted by Crippen LogP contribution is 2.22. The van der Waals surface area contributed by atoms with Crippen molar-refractivity contribution in [2.24, 2.45) is 0 Å². The summed E-state index contributed by atoms with van der Waals surface area (Å²) in [5.41, 5.74) is 3.47. The molecule has 0 atom stereocenters. The van der Waals surface area contributed by atoms with E-state index in [1.165, 1.54) is 11.1 Å². The first kappa shape index (κ1) is 13.6. The average molecular weight is 235 g/mol. The second kappa shape index (κ2) is 5.71. The molecule has 1 amide bonds. The van der Waals surface area contributed by atoms with Crippen molar-refractivity contribution in [1.82, 2.24) is 5.32 Å². The number of aryl methyl sites for hydroxylation is 3. The quantitative estimate of drug-likeness (QED) is 0.870. The average Bonchev–Trinajstić information content (AvgIpc) is 2.20. The summed E-state index contributed by atoms with van der Waals surface area (Å²) in [6.07, 6.45) is 0. The van der Waals surface area contributed by atoms with E-state index in [4.69, 9.17) is 4.74 Å². The lowest BCUT2D eigenvalue weighted by Crippen LogP contribution is -2.34. The van der Waals surface area contributed by atoms with Crippen molar-refractivity contribution in [3.05, 3.63) is 28.8 Å². The molecule has 3 heteroatoms. The first-order valence-electron chi connectivity index (χ1n) is 5.90. The van der Waals surface area contributed by atoms with Crippen LogP contribution in [0.1, 0.15) is 30.5 Å². The minimum atomic E-state index is -0.0855. The molecule has 0 aliphatic heterocycles. The molecule has 3 nitrogen and oxygen atoms in total. The molecule has 0 aromatic heterocycles. The van der Waals surface area contributed by atoms with Crippen molar-refractivity contribution in [1.29, 1.82) is 0 Å². The Labute approximate surface area is 103 Å². The highest BCUT2D eigenvalue weighted by Gasteiger charge is 2.07. The summed E-state index contributed by atoms with van der Waals surface area (Å²) in [4.78, 5) is 11.5. The van der Waals surface area contributed by atoms with Crippen LogP contribution in [0.3, 0.4) is 0 Å². The van der Waals surface area contributed by atoms with E-state index in [-0.39, 0.29) is 18.6 Å². The van der Waals surface area contributed by atoms with Gasteiger partial charge in [0.2, 0.25) is 0 Å². The highest BCUT2D eigenvalue weighted by atomic mass is 16.5. The summed E-state index contributed by atoms with van der Waals surface area (Å²) in [6, 6.07) is 4.20. The number of nitrogens with one attached hydrogen (secondary N) is 1. The van der Waals surface area contributed by atoms with Gasteiger partial charge in [-0.15, -0.1) is 0 Å². The fraction of sp³-hybridized carbons (Fsp3) is 0.500. The molecule has 1 N–H and O–H groups in total. The van der Waals surface area contributed by atoms with Crippen LogP contribution in [-0.4, -0.2) is 18.6 Å². The third kappa shape index (κ3) is 4.10. The number of carbonyl (C=O) groups excluding carboxylic acids is 1. The van der Waals surface area contributed by atoms with Gasteiger partial charge in [-0.3, -0.25) is 4.79 Å². The SMILES string of the molecule is Cc1cc(C)c(OCC(=O)NC(C)C)cc1C. The van der Waals surface area contributed by atoms with Crippen LogP contribution >= 0.6 is 0 Å². The minimum Gasteiger partial charge on any atom is -0.483 e. The van der Waals surface area contributed by atoms with E-state index >= 15 is 0 Å². The second-order valence-electron chi connectivity index (χ2n) is 4.71. The summed E-state index contributed by atoms with van der Waals surface area (Å²) in [5, 5.41) is 2.79. The van der Waals surface area contributed by atoms with Crippen LogP contribution in [0, 0.1) is 20.8 Å². The normalized spacial score (nSPS) is 10.5. The number of hydrogen-bond acceptors (Lipinski definition) is 2. The Hall–Kier alpha value is -1.51. The summed E-state index contributed by atoms with van der Waals surface area (Å²) in [6.45, 7) is 10.0. The van der Waals surface area contributed by atoms with E-state index < -0.39 is 0 Å². The maximum atomic E-state index is 11.5. The monoisotopic (exact) mass is 235 g/mol. The third-order valence-electron chi connectivity index (χ3n) is 2.60. The zero-order valence-corrected chi connectivity index (χ0v) is 11.3. The fourth-order valence-corrected chi connectivity index (χ4v) is 1.60. The van der Waals surface area contributed by atoms with Gasteiger partial charge in [0.05, 0.1) is 0 Å². The van der Waals surface area contributed by atoms with Gasteiger partial charge in [0.1, 0.15) is 5.75 Å². The van der Waals surface area contributed by atoms with Crippen molar-refractivity contribution < 1.29 is 9.53 Å². The van der Waals surface area contributed by atoms with Crippen LogP contribution in [0.4, 0.5) is 0 Å². The van der Waals surface area contributed by atoms with Gasteiger partial charge in [-0.1, -0.05) is 6.07 Å². The molecular weight excluding hydrogens is 214 g/mol. The topological polar surface area (TPSA) is 38.3 Å². The fourth-order valence-electron chi connectivity index (χ4n) is 1.60. The Morgan fingerprint density at radius 3 is 2.35 bits per heavy atom. The molecule has 0 unspecified atom stereocenters. The van der Waals surface area contributed by atoms with Crippen molar-refractivity contribution in [3.8, 4) is 5.75 Å². The van der Waals surface area contributed by atoms with Crippen LogP contribution < -0.4 is 10.1 Å². The molecule has 0 heterocycles. The van der Waals surface area contributed by atoms with Gasteiger partial charge < -0.3 is 10.1 Å². The van der Waals surface area contributed by atoms with Crippen molar-refractivity contribution >= 4 is 5.91 Å². The lowest BCUT2D eigenvalue weighted by molar-refractivity contribution is -0.123. The van der Waals surface area contributed by atoms with Crippen LogP contribution in [0.15, 0.2) is 12.1 Å². The molecule has 17 heavy (non-hydrogen) atoms. The molecule has 0 radical (unpaired) electrons. The number of ether oxygens (including phenoxy) is 1. The van der Waals surface area contributed by atoms with Gasteiger partial charge in [0, 0.05) is 6.04 Å². The predicted molar refractivity (Wildman–Crippen MR) is 69.4 cm³/mol. The Balaban J connectivity index is 2.63. The predicted octanol–water partition coefficient (Wildman–Crippen LogP) is 2.52. The van der Waals surface area contributed by atoms with Crippen molar-refractivity contribution in [2.75, 3.05) is 6.61 Å². The molecule has 0 aliphatic carbocycles. The molecular formula is C14H21NO2. The molecule has 0 fully saturated rings. The summed E-state index contributed by atoms with van der Waals surface area (Å²) >= 11 is 0. The van der Waals surface area contributed by atoms with Gasteiger partial charge in [0.25, 0.3) is 5.91 Å². The van der Waals surface area contributed by atoms with Gasteiger partial charge in [-0.05, 0) is 57.4 Å². The molecule has 0 saturated heterocycles. The number of hydrogen-bond donors (Lipinski definition) is 1. The number of carbonyl (C=O) groups is 1. The van der Waals surface area contributed by atoms with Gasteiger partial charge in [0.15, 0.2) is 6.61 Å². The first-order valence-corrected chi connectivity index (χ1v) is 5.90. The largest absolute Gasteiger partial charge is 0.483 e. The molecule has 94 valence electrons. The highest BCUT2D eigenvalue weighted by molar-refractivity contribution is 5.77. The zero-order valence-electron chi connectivity index (χ0n) is 11.3. The zero-order chi connectivity index (χ0) is 13.0. The number of benzene rings is 1. The lowest BCUT2D eigenvalue weighted by Gasteiger charge is -2.13. The smallest absolute Gasteiger partial charge is 0.258 e. The molecule has 1 rings (SSSR count). The second-order valence-corrected chi connectivity index (χ2v) is 4.71. The molecule has 1 aromatic rings. The van der Waals surface area contributed by atoms with Crippen LogP contribution in [0.25, 0.3) is 0 Å². The van der Waals surface area contributed by atoms with E-state index in [0.29, 0.717) is 0 Å². The van der Waals surface area contributed by atoms with Crippen LogP contribution in [-0.2, 0) is 4.79 Å². The van der Waals surface area contributed by atoms with E-state index in [0.717, 1.165) is 11.3 Å². The van der Waals surface area contributed by atoms with E-state index in [9.17, 15) is 4.79 Å². The third-order valence-corrected chi connectivity index (χ3v) is 2.60. The minimum absolute atomic E-state index is 0.0710. The lowest BCUT2D eigenvalue weighted by atomic mass is 10.1. The Bertz CT molecular complexity index is 411. The van der Waals surface area contributed by atoms with E-state index in [1.54, 1.807) is 0 Å². The molecule has 0 saturated carbocycles. The first-order chi connectivity index (χ1) is 7.90. The van der Waals surface area contributed by atoms with E-state index in [2.05, 4.69) is 18.3 Å². The van der Waals surface area contributed by atoms with Crippen LogP contribution in [0.5, 0.6) is 5.75 Å². The number of rotatable bonds is 4. The number of amides is 1. The standard InChI is InChI=1S/C14H21NO2/c1-9(2)15-14(16)8-17-13-7-11(4)10(3)6-12(13)5/h6-7,9H,8H2,1-5H3,(H,15,16). The summed E-state index contributed by atoms with van der Waals surface area (Å²) in [7, 11) is 0. The molecule has 0 spiro atoms. The van der Waals surface area contributed by atoms with Crippen molar-refractivity contribution in [3.63, 3.8) is 0 Å². The van der Waals surface area contributed by atoms with Gasteiger partial charge in [-0.2, -0.15) is 0 Å². The van der Waals surface area contributed by atoms with E-state index in [1.807, 2.05) is 33.8 Å². The summed E-state index contributed by atoms with van der Waals surface area (Å²) in [5.74, 6) is 0.699. The Kier molecular flexibility index (Phi) is 4.55. The maximum Gasteiger partial charge on any atom is 0.258 e. The maximum absolute atomic E-state index is 11.5. The Morgan fingerprint density at radius 1 is 1.18 bits per heavy atom. The van der Waals surface area contributed by atoms with Gasteiger partial charge >= 0.3 is 0 Å².